The fourth-order valence-electron chi connectivity index (χ4n) is 1.55. The van der Waals surface area contributed by atoms with Crippen molar-refractivity contribution < 1.29 is 4.74 Å². The van der Waals surface area contributed by atoms with Crippen molar-refractivity contribution in [1.82, 2.24) is 9.97 Å². The van der Waals surface area contributed by atoms with Gasteiger partial charge in [0.1, 0.15) is 5.75 Å². The lowest BCUT2D eigenvalue weighted by Crippen LogP contribution is -1.93. The Labute approximate surface area is 116 Å². The van der Waals surface area contributed by atoms with Gasteiger partial charge in [-0.15, -0.1) is 11.6 Å². The number of aromatic nitrogens is 2. The molecule has 94 valence electrons. The molecule has 0 aliphatic rings. The van der Waals surface area contributed by atoms with Crippen molar-refractivity contribution in [3.05, 3.63) is 46.4 Å². The number of benzene rings is 1. The van der Waals surface area contributed by atoms with E-state index in [1.54, 1.807) is 12.4 Å². The quantitative estimate of drug-likeness (QED) is 0.789. The highest BCUT2D eigenvalue weighted by Gasteiger charge is 2.05. The fourth-order valence-corrected chi connectivity index (χ4v) is 1.80. The van der Waals surface area contributed by atoms with Crippen LogP contribution >= 0.6 is 23.2 Å². The molecule has 5 heteroatoms. The van der Waals surface area contributed by atoms with Crippen molar-refractivity contribution in [2.24, 2.45) is 0 Å². The van der Waals surface area contributed by atoms with Gasteiger partial charge in [0.2, 0.25) is 5.88 Å². The van der Waals surface area contributed by atoms with E-state index < -0.39 is 0 Å². The third-order valence-corrected chi connectivity index (χ3v) is 3.32. The zero-order valence-corrected chi connectivity index (χ0v) is 11.6. The van der Waals surface area contributed by atoms with Gasteiger partial charge in [-0.3, -0.25) is 4.98 Å². The number of nitrogens with zero attached hydrogens (tertiary/aromatic N) is 2. The van der Waals surface area contributed by atoms with Crippen molar-refractivity contribution in [2.75, 3.05) is 0 Å². The molecule has 2 rings (SSSR count). The van der Waals surface area contributed by atoms with Crippen molar-refractivity contribution in [3.8, 4) is 11.6 Å². The first kappa shape index (κ1) is 13.1. The monoisotopic (exact) mass is 282 g/mol. The van der Waals surface area contributed by atoms with Gasteiger partial charge in [0.15, 0.2) is 0 Å². The Kier molecular flexibility index (Phi) is 4.04. The number of rotatable bonds is 3. The zero-order chi connectivity index (χ0) is 13.1. The first-order chi connectivity index (χ1) is 8.60. The van der Waals surface area contributed by atoms with Gasteiger partial charge < -0.3 is 4.74 Å². The highest BCUT2D eigenvalue weighted by atomic mass is 35.5. The van der Waals surface area contributed by atoms with Crippen LogP contribution in [0.25, 0.3) is 0 Å². The predicted molar refractivity (Wildman–Crippen MR) is 72.6 cm³/mol. The topological polar surface area (TPSA) is 35.0 Å². The highest BCUT2D eigenvalue weighted by molar-refractivity contribution is 6.32. The molecule has 0 bridgehead atoms. The number of halogens is 2. The minimum Gasteiger partial charge on any atom is -0.437 e. The summed E-state index contributed by atoms with van der Waals surface area (Å²) in [5.41, 5.74) is 2.65. The maximum atomic E-state index is 6.09. The van der Waals surface area contributed by atoms with Crippen molar-refractivity contribution in [2.45, 2.75) is 19.7 Å². The van der Waals surface area contributed by atoms with Crippen LogP contribution in [-0.2, 0) is 5.88 Å². The molecule has 18 heavy (non-hydrogen) atoms. The lowest BCUT2D eigenvalue weighted by Gasteiger charge is -2.08. The Morgan fingerprint density at radius 3 is 2.28 bits per heavy atom. The molecule has 3 nitrogen and oxygen atoms in total. The Hall–Kier alpha value is -1.32. The van der Waals surface area contributed by atoms with Crippen molar-refractivity contribution in [1.29, 1.82) is 0 Å². The van der Waals surface area contributed by atoms with Crippen LogP contribution in [0.1, 0.15) is 16.8 Å². The minimum atomic E-state index is 0.340. The molecule has 0 saturated heterocycles. The molecule has 0 atom stereocenters. The van der Waals surface area contributed by atoms with E-state index in [0.29, 0.717) is 23.2 Å². The minimum absolute atomic E-state index is 0.340. The second-order valence-electron chi connectivity index (χ2n) is 3.95. The van der Waals surface area contributed by atoms with E-state index in [1.807, 2.05) is 26.0 Å². The van der Waals surface area contributed by atoms with E-state index in [1.165, 1.54) is 0 Å². The Bertz CT molecular complexity index is 532. The first-order valence-corrected chi connectivity index (χ1v) is 6.33. The zero-order valence-electron chi connectivity index (χ0n) is 10.1. The van der Waals surface area contributed by atoms with Crippen LogP contribution in [0.4, 0.5) is 0 Å². The number of hydrogen-bond acceptors (Lipinski definition) is 3. The van der Waals surface area contributed by atoms with Gasteiger partial charge in [0.25, 0.3) is 0 Å². The lowest BCUT2D eigenvalue weighted by molar-refractivity contribution is 0.459. The van der Waals surface area contributed by atoms with Crippen LogP contribution < -0.4 is 4.74 Å². The molecule has 1 aromatic carbocycles. The maximum absolute atomic E-state index is 6.09. The third kappa shape index (κ3) is 2.92. The number of ether oxygens (including phenoxy) is 1. The summed E-state index contributed by atoms with van der Waals surface area (Å²) in [7, 11) is 0. The average Bonchev–Trinajstić information content (AvgIpc) is 2.37. The largest absolute Gasteiger partial charge is 0.437 e. The van der Waals surface area contributed by atoms with E-state index >= 15 is 0 Å². The van der Waals surface area contributed by atoms with Crippen LogP contribution in [0, 0.1) is 13.8 Å². The van der Waals surface area contributed by atoms with E-state index in [4.69, 9.17) is 27.9 Å². The number of aryl methyl sites for hydroxylation is 2. The Morgan fingerprint density at radius 2 is 1.78 bits per heavy atom. The smallest absolute Gasteiger partial charge is 0.237 e. The van der Waals surface area contributed by atoms with Gasteiger partial charge >= 0.3 is 0 Å². The normalized spacial score (nSPS) is 10.4. The van der Waals surface area contributed by atoms with Crippen molar-refractivity contribution in [3.63, 3.8) is 0 Å². The molecule has 0 spiro atoms. The van der Waals surface area contributed by atoms with Gasteiger partial charge in [-0.1, -0.05) is 11.6 Å². The van der Waals surface area contributed by atoms with E-state index in [2.05, 4.69) is 9.97 Å². The summed E-state index contributed by atoms with van der Waals surface area (Å²) >= 11 is 11.7. The molecule has 0 aliphatic heterocycles. The second kappa shape index (κ2) is 5.55. The van der Waals surface area contributed by atoms with Crippen molar-refractivity contribution >= 4 is 23.2 Å². The van der Waals surface area contributed by atoms with Gasteiger partial charge in [-0.25, -0.2) is 4.98 Å². The van der Waals surface area contributed by atoms with Gasteiger partial charge in [0.05, 0.1) is 24.0 Å². The molecular formula is C13H12Cl2N2O. The predicted octanol–water partition coefficient (Wildman–Crippen LogP) is 4.28. The van der Waals surface area contributed by atoms with Gasteiger partial charge in [-0.2, -0.15) is 0 Å². The Morgan fingerprint density at radius 1 is 1.11 bits per heavy atom. The molecular weight excluding hydrogens is 271 g/mol. The first-order valence-electron chi connectivity index (χ1n) is 5.41. The maximum Gasteiger partial charge on any atom is 0.237 e. The summed E-state index contributed by atoms with van der Waals surface area (Å²) in [6.45, 7) is 3.87. The number of alkyl halides is 1. The van der Waals surface area contributed by atoms with E-state index in [0.717, 1.165) is 16.1 Å². The van der Waals surface area contributed by atoms with Crippen LogP contribution in [0.5, 0.6) is 11.6 Å². The molecule has 0 fully saturated rings. The number of hydrogen-bond donors (Lipinski definition) is 0. The summed E-state index contributed by atoms with van der Waals surface area (Å²) in [5, 5.41) is 0.755. The molecule has 0 N–H and O–H groups in total. The van der Waals surface area contributed by atoms with Crippen LogP contribution in [0.15, 0.2) is 24.5 Å². The molecule has 0 amide bonds. The van der Waals surface area contributed by atoms with Gasteiger partial charge in [0, 0.05) is 5.02 Å². The molecule has 0 aliphatic carbocycles. The third-order valence-electron chi connectivity index (χ3n) is 2.45. The molecule has 0 saturated carbocycles. The molecule has 1 aromatic heterocycles. The fraction of sp³-hybridized carbons (Fsp3) is 0.231. The van der Waals surface area contributed by atoms with E-state index in [9.17, 15) is 0 Å². The second-order valence-corrected chi connectivity index (χ2v) is 4.60. The SMILES string of the molecule is Cc1cc(Oc2cnc(CCl)cn2)cc(C)c1Cl. The molecule has 0 radical (unpaired) electrons. The Balaban J connectivity index is 2.23. The summed E-state index contributed by atoms with van der Waals surface area (Å²) in [6.07, 6.45) is 3.15. The van der Waals surface area contributed by atoms with E-state index in [-0.39, 0.29) is 0 Å². The molecule has 0 unspecified atom stereocenters. The van der Waals surface area contributed by atoms with Crippen LogP contribution in [-0.4, -0.2) is 9.97 Å². The summed E-state index contributed by atoms with van der Waals surface area (Å²) in [4.78, 5) is 8.23. The van der Waals surface area contributed by atoms with Gasteiger partial charge in [-0.05, 0) is 37.1 Å². The highest BCUT2D eigenvalue weighted by Crippen LogP contribution is 2.28. The molecule has 2 aromatic rings. The van der Waals surface area contributed by atoms with Crippen LogP contribution in [0.2, 0.25) is 5.02 Å². The summed E-state index contributed by atoms with van der Waals surface area (Å²) in [5.74, 6) is 1.47. The summed E-state index contributed by atoms with van der Waals surface area (Å²) < 4.78 is 5.62. The lowest BCUT2D eigenvalue weighted by atomic mass is 10.1. The molecule has 1 heterocycles. The standard InChI is InChI=1S/C13H12Cl2N2O/c1-8-3-11(4-9(2)13(8)15)18-12-7-16-10(5-14)6-17-12/h3-4,6-7H,5H2,1-2H3. The summed E-state index contributed by atoms with van der Waals surface area (Å²) in [6, 6.07) is 3.74. The van der Waals surface area contributed by atoms with Crippen LogP contribution in [0.3, 0.4) is 0 Å². The average molecular weight is 283 g/mol.